The summed E-state index contributed by atoms with van der Waals surface area (Å²) in [6.45, 7) is 1.81. The van der Waals surface area contributed by atoms with Crippen molar-refractivity contribution in [2.24, 2.45) is 7.05 Å². The number of nitrogens with zero attached hydrogens (tertiary/aromatic N) is 6. The first-order valence-electron chi connectivity index (χ1n) is 8.18. The molecular weight excluding hydrogens is 368 g/mol. The zero-order valence-electron chi connectivity index (χ0n) is 14.6. The number of hydrogen-bond acceptors (Lipinski definition) is 7. The SMILES string of the molecule is C[C@H](Oc1nnc(-c2ccncc2)n1C)c1noc(-c2cccc(Cl)c2)n1. The van der Waals surface area contributed by atoms with E-state index in [0.717, 1.165) is 11.1 Å². The number of benzene rings is 1. The van der Waals surface area contributed by atoms with Crippen molar-refractivity contribution in [2.45, 2.75) is 13.0 Å². The van der Waals surface area contributed by atoms with Crippen LogP contribution in [0.3, 0.4) is 0 Å². The van der Waals surface area contributed by atoms with Crippen LogP contribution in [0.5, 0.6) is 6.01 Å². The second-order valence-electron chi connectivity index (χ2n) is 5.83. The highest BCUT2D eigenvalue weighted by molar-refractivity contribution is 6.30. The molecule has 0 saturated carbocycles. The predicted molar refractivity (Wildman–Crippen MR) is 98.0 cm³/mol. The third-order valence-electron chi connectivity index (χ3n) is 3.93. The van der Waals surface area contributed by atoms with E-state index in [1.165, 1.54) is 0 Å². The fourth-order valence-corrected chi connectivity index (χ4v) is 2.71. The maximum Gasteiger partial charge on any atom is 0.317 e. The summed E-state index contributed by atoms with van der Waals surface area (Å²) in [5.41, 5.74) is 1.64. The minimum Gasteiger partial charge on any atom is -0.452 e. The molecule has 4 rings (SSSR count). The molecule has 4 aromatic rings. The van der Waals surface area contributed by atoms with Gasteiger partial charge in [-0.25, -0.2) is 0 Å². The van der Waals surface area contributed by atoms with Gasteiger partial charge in [0.15, 0.2) is 11.9 Å². The van der Waals surface area contributed by atoms with E-state index in [9.17, 15) is 0 Å². The lowest BCUT2D eigenvalue weighted by Gasteiger charge is -2.10. The summed E-state index contributed by atoms with van der Waals surface area (Å²) in [5, 5.41) is 12.9. The Balaban J connectivity index is 1.53. The Kier molecular flexibility index (Phi) is 4.55. The van der Waals surface area contributed by atoms with E-state index < -0.39 is 6.10 Å². The van der Waals surface area contributed by atoms with Crippen LogP contribution in [0.4, 0.5) is 0 Å². The average Bonchev–Trinajstić information content (AvgIpc) is 3.31. The smallest absolute Gasteiger partial charge is 0.317 e. The van der Waals surface area contributed by atoms with Gasteiger partial charge in [-0.2, -0.15) is 4.98 Å². The first-order valence-corrected chi connectivity index (χ1v) is 8.55. The molecule has 0 aliphatic heterocycles. The summed E-state index contributed by atoms with van der Waals surface area (Å²) in [6, 6.07) is 11.3. The zero-order valence-corrected chi connectivity index (χ0v) is 15.3. The van der Waals surface area contributed by atoms with Crippen LogP contribution in [-0.4, -0.2) is 29.9 Å². The molecule has 3 heterocycles. The van der Waals surface area contributed by atoms with Gasteiger partial charge in [-0.05, 0) is 37.3 Å². The summed E-state index contributed by atoms with van der Waals surface area (Å²) in [7, 11) is 1.82. The van der Waals surface area contributed by atoms with Gasteiger partial charge >= 0.3 is 6.01 Å². The quantitative estimate of drug-likeness (QED) is 0.519. The first kappa shape index (κ1) is 17.2. The highest BCUT2D eigenvalue weighted by atomic mass is 35.5. The van der Waals surface area contributed by atoms with Crippen LogP contribution in [0.1, 0.15) is 18.9 Å². The number of hydrogen-bond donors (Lipinski definition) is 0. The summed E-state index contributed by atoms with van der Waals surface area (Å²) >= 11 is 6.01. The largest absolute Gasteiger partial charge is 0.452 e. The summed E-state index contributed by atoms with van der Waals surface area (Å²) < 4.78 is 12.9. The number of pyridine rings is 1. The van der Waals surface area contributed by atoms with Crippen LogP contribution < -0.4 is 4.74 Å². The average molecular weight is 383 g/mol. The molecule has 1 atom stereocenters. The Morgan fingerprint density at radius 3 is 2.70 bits per heavy atom. The number of ether oxygens (including phenoxy) is 1. The molecule has 0 aliphatic carbocycles. The van der Waals surface area contributed by atoms with Crippen LogP contribution >= 0.6 is 11.6 Å². The lowest BCUT2D eigenvalue weighted by atomic mass is 10.2. The van der Waals surface area contributed by atoms with E-state index >= 15 is 0 Å². The highest BCUT2D eigenvalue weighted by Crippen LogP contribution is 2.25. The zero-order chi connectivity index (χ0) is 18.8. The van der Waals surface area contributed by atoms with Crippen molar-refractivity contribution in [3.05, 3.63) is 59.6 Å². The summed E-state index contributed by atoms with van der Waals surface area (Å²) in [6.07, 6.45) is 2.92. The van der Waals surface area contributed by atoms with Crippen molar-refractivity contribution < 1.29 is 9.26 Å². The molecule has 1 aromatic carbocycles. The molecule has 136 valence electrons. The normalized spacial score (nSPS) is 12.1. The van der Waals surface area contributed by atoms with Crippen LogP contribution in [0.25, 0.3) is 22.8 Å². The van der Waals surface area contributed by atoms with E-state index in [4.69, 9.17) is 20.9 Å². The number of rotatable bonds is 5. The van der Waals surface area contributed by atoms with Crippen LogP contribution in [-0.2, 0) is 7.05 Å². The Labute approximate surface area is 159 Å². The molecule has 0 amide bonds. The molecule has 0 fully saturated rings. The van der Waals surface area contributed by atoms with E-state index in [1.807, 2.05) is 38.2 Å². The van der Waals surface area contributed by atoms with E-state index in [0.29, 0.717) is 28.6 Å². The minimum absolute atomic E-state index is 0.350. The van der Waals surface area contributed by atoms with E-state index in [1.54, 1.807) is 29.1 Å². The summed E-state index contributed by atoms with van der Waals surface area (Å²) in [4.78, 5) is 8.39. The maximum absolute atomic E-state index is 6.01. The van der Waals surface area contributed by atoms with Crippen LogP contribution in [0, 0.1) is 0 Å². The van der Waals surface area contributed by atoms with Gasteiger partial charge in [0.1, 0.15) is 0 Å². The van der Waals surface area contributed by atoms with Gasteiger partial charge in [0.25, 0.3) is 5.89 Å². The number of aromatic nitrogens is 6. The standard InChI is InChI=1S/C18H15ClN6O2/c1-11(15-21-17(27-24-15)13-4-3-5-14(19)10-13)26-18-23-22-16(25(18)2)12-6-8-20-9-7-12/h3-11H,1-2H3/t11-/m0/s1. The molecule has 0 spiro atoms. The van der Waals surface area contributed by atoms with Crippen molar-refractivity contribution in [1.29, 1.82) is 0 Å². The van der Waals surface area contributed by atoms with Crippen molar-refractivity contribution >= 4 is 11.6 Å². The van der Waals surface area contributed by atoms with Gasteiger partial charge < -0.3 is 9.26 Å². The summed E-state index contributed by atoms with van der Waals surface area (Å²) in [5.74, 6) is 1.45. The Bertz CT molecular complexity index is 1060. The van der Waals surface area contributed by atoms with Gasteiger partial charge in [-0.1, -0.05) is 27.9 Å². The Morgan fingerprint density at radius 1 is 1.11 bits per heavy atom. The first-order chi connectivity index (χ1) is 13.1. The fraction of sp³-hybridized carbons (Fsp3) is 0.167. The Morgan fingerprint density at radius 2 is 1.93 bits per heavy atom. The molecule has 3 aromatic heterocycles. The topological polar surface area (TPSA) is 91.8 Å². The molecule has 0 saturated heterocycles. The minimum atomic E-state index is -0.477. The van der Waals surface area contributed by atoms with Gasteiger partial charge in [0.05, 0.1) is 0 Å². The number of halogens is 1. The second kappa shape index (κ2) is 7.16. The third-order valence-corrected chi connectivity index (χ3v) is 4.17. The lowest BCUT2D eigenvalue weighted by molar-refractivity contribution is 0.186. The van der Waals surface area contributed by atoms with Gasteiger partial charge in [-0.15, -0.1) is 5.10 Å². The van der Waals surface area contributed by atoms with Crippen LogP contribution in [0.2, 0.25) is 5.02 Å². The molecule has 0 radical (unpaired) electrons. The molecule has 0 aliphatic rings. The fourth-order valence-electron chi connectivity index (χ4n) is 2.52. The third kappa shape index (κ3) is 3.52. The molecular formula is C18H15ClN6O2. The van der Waals surface area contributed by atoms with Crippen molar-refractivity contribution in [2.75, 3.05) is 0 Å². The van der Waals surface area contributed by atoms with E-state index in [2.05, 4.69) is 25.3 Å². The molecule has 8 nitrogen and oxygen atoms in total. The van der Waals surface area contributed by atoms with Crippen molar-refractivity contribution in [3.63, 3.8) is 0 Å². The Hall–Kier alpha value is -3.26. The van der Waals surface area contributed by atoms with Crippen molar-refractivity contribution in [3.8, 4) is 28.9 Å². The molecule has 27 heavy (non-hydrogen) atoms. The second-order valence-corrected chi connectivity index (χ2v) is 6.27. The monoisotopic (exact) mass is 382 g/mol. The molecule has 0 bridgehead atoms. The van der Waals surface area contributed by atoms with Crippen LogP contribution in [0.15, 0.2) is 53.3 Å². The van der Waals surface area contributed by atoms with Gasteiger partial charge in [-0.3, -0.25) is 9.55 Å². The maximum atomic E-state index is 6.01. The van der Waals surface area contributed by atoms with Gasteiger partial charge in [0.2, 0.25) is 5.82 Å². The molecule has 9 heteroatoms. The van der Waals surface area contributed by atoms with Crippen molar-refractivity contribution in [1.82, 2.24) is 29.9 Å². The predicted octanol–water partition coefficient (Wildman–Crippen LogP) is 3.72. The molecule has 0 N–H and O–H groups in total. The highest BCUT2D eigenvalue weighted by Gasteiger charge is 2.20. The lowest BCUT2D eigenvalue weighted by Crippen LogP contribution is -2.08. The molecule has 0 unspecified atom stereocenters. The van der Waals surface area contributed by atoms with Gasteiger partial charge in [0, 0.05) is 35.6 Å². The van der Waals surface area contributed by atoms with E-state index in [-0.39, 0.29) is 0 Å².